The number of nitrogens with two attached hydrogens (primary N) is 1. The predicted octanol–water partition coefficient (Wildman–Crippen LogP) is 2.13. The molecule has 3 rings (SSSR count). The van der Waals surface area contributed by atoms with Gasteiger partial charge in [-0.2, -0.15) is 5.26 Å². The summed E-state index contributed by atoms with van der Waals surface area (Å²) in [6, 6.07) is 17.0. The van der Waals surface area contributed by atoms with E-state index in [1.807, 2.05) is 0 Å². The zero-order valence-electron chi connectivity index (χ0n) is 18.8. The number of ether oxygens (including phenoxy) is 2. The van der Waals surface area contributed by atoms with Crippen molar-refractivity contribution in [2.45, 2.75) is 11.7 Å². The Balaban J connectivity index is 2.30. The van der Waals surface area contributed by atoms with Gasteiger partial charge in [0, 0.05) is 11.9 Å². The van der Waals surface area contributed by atoms with Gasteiger partial charge in [-0.1, -0.05) is 42.5 Å². The molecule has 0 saturated heterocycles. The Kier molecular flexibility index (Phi) is 7.08. The molecule has 0 saturated carbocycles. The van der Waals surface area contributed by atoms with Gasteiger partial charge < -0.3 is 15.2 Å². The molecular weight excluding hydrogens is 458 g/mol. The summed E-state index contributed by atoms with van der Waals surface area (Å²) in [6.45, 7) is 0. The molecule has 0 amide bonds. The predicted molar refractivity (Wildman–Crippen MR) is 125 cm³/mol. The van der Waals surface area contributed by atoms with Crippen molar-refractivity contribution in [2.24, 2.45) is 5.73 Å². The number of esters is 2. The number of carbonyl (C=O) groups excluding carboxylic acids is 2. The van der Waals surface area contributed by atoms with Crippen LogP contribution >= 0.6 is 0 Å². The second-order valence-electron chi connectivity index (χ2n) is 7.57. The van der Waals surface area contributed by atoms with Crippen LogP contribution in [0, 0.1) is 11.3 Å². The largest absolute Gasteiger partial charge is 0.466 e. The van der Waals surface area contributed by atoms with Crippen molar-refractivity contribution in [3.05, 3.63) is 88.4 Å². The second kappa shape index (κ2) is 9.80. The maximum atomic E-state index is 13.0. The van der Waals surface area contributed by atoms with E-state index >= 15 is 0 Å². The fourth-order valence-corrected chi connectivity index (χ4v) is 4.62. The van der Waals surface area contributed by atoms with Crippen LogP contribution in [-0.4, -0.2) is 40.8 Å². The summed E-state index contributed by atoms with van der Waals surface area (Å²) in [4.78, 5) is 27.2. The molecule has 176 valence electrons. The van der Waals surface area contributed by atoms with Crippen LogP contribution < -0.4 is 10.6 Å². The molecule has 0 aliphatic carbocycles. The fourth-order valence-electron chi connectivity index (χ4n) is 3.83. The van der Waals surface area contributed by atoms with Crippen molar-refractivity contribution in [2.75, 3.05) is 25.4 Å². The van der Waals surface area contributed by atoms with Gasteiger partial charge in [-0.05, 0) is 23.3 Å². The summed E-state index contributed by atoms with van der Waals surface area (Å²) < 4.78 is 33.2. The number of rotatable bonds is 6. The quantitative estimate of drug-likeness (QED) is 0.614. The number of benzene rings is 2. The van der Waals surface area contributed by atoms with Crippen molar-refractivity contribution in [3.63, 3.8) is 0 Å². The molecular formula is C24H23N3O6S. The van der Waals surface area contributed by atoms with E-state index in [4.69, 9.17) is 15.2 Å². The number of carbonyl (C=O) groups is 2. The molecule has 2 aromatic carbocycles. The lowest BCUT2D eigenvalue weighted by atomic mass is 9.81. The van der Waals surface area contributed by atoms with Crippen molar-refractivity contribution >= 4 is 27.5 Å². The van der Waals surface area contributed by atoms with E-state index in [9.17, 15) is 23.3 Å². The maximum absolute atomic E-state index is 13.0. The van der Waals surface area contributed by atoms with Crippen LogP contribution in [0.25, 0.3) is 0 Å². The molecule has 0 fully saturated rings. The standard InChI is InChI=1S/C24H23N3O6S/c1-32-23(28)20-19(16-7-5-4-6-8-16)18(13-25)22(26)27(21(20)24(29)33-2)17-11-9-15(10-12-17)14-34(3,30)31/h4-12,19H,14,26H2,1-3H3. The number of nitrogens with zero attached hydrogens (tertiary/aromatic N) is 2. The highest BCUT2D eigenvalue weighted by atomic mass is 32.2. The maximum Gasteiger partial charge on any atom is 0.355 e. The summed E-state index contributed by atoms with van der Waals surface area (Å²) in [6.07, 6.45) is 1.12. The van der Waals surface area contributed by atoms with Gasteiger partial charge >= 0.3 is 11.9 Å². The molecule has 0 radical (unpaired) electrons. The minimum absolute atomic E-state index is 0.0412. The van der Waals surface area contributed by atoms with Gasteiger partial charge in [-0.3, -0.25) is 4.90 Å². The van der Waals surface area contributed by atoms with E-state index < -0.39 is 27.7 Å². The molecule has 0 aromatic heterocycles. The molecule has 1 unspecified atom stereocenters. The first-order valence-electron chi connectivity index (χ1n) is 10.0. The molecule has 1 aliphatic heterocycles. The average Bonchev–Trinajstić information content (AvgIpc) is 2.82. The van der Waals surface area contributed by atoms with Gasteiger partial charge in [-0.25, -0.2) is 18.0 Å². The van der Waals surface area contributed by atoms with Crippen LogP contribution in [0.5, 0.6) is 0 Å². The molecule has 2 N–H and O–H groups in total. The Morgan fingerprint density at radius 1 is 1.03 bits per heavy atom. The van der Waals surface area contributed by atoms with Crippen LogP contribution in [0.3, 0.4) is 0 Å². The summed E-state index contributed by atoms with van der Waals surface area (Å²) in [5.74, 6) is -2.89. The molecule has 0 bridgehead atoms. The smallest absolute Gasteiger partial charge is 0.355 e. The number of hydrogen-bond donors (Lipinski definition) is 1. The van der Waals surface area contributed by atoms with Gasteiger partial charge in [-0.15, -0.1) is 0 Å². The van der Waals surface area contributed by atoms with Crippen molar-refractivity contribution in [1.82, 2.24) is 0 Å². The lowest BCUT2D eigenvalue weighted by Gasteiger charge is -2.35. The van der Waals surface area contributed by atoms with Crippen molar-refractivity contribution in [3.8, 4) is 6.07 Å². The number of nitriles is 1. The first-order chi connectivity index (χ1) is 16.1. The SMILES string of the molecule is COC(=O)C1=C(C(=O)OC)N(c2ccc(CS(C)(=O)=O)cc2)C(N)=C(C#N)C1c1ccccc1. The molecule has 1 atom stereocenters. The Labute approximate surface area is 197 Å². The molecule has 9 nitrogen and oxygen atoms in total. The second-order valence-corrected chi connectivity index (χ2v) is 9.71. The van der Waals surface area contributed by atoms with E-state index in [0.29, 0.717) is 16.8 Å². The zero-order chi connectivity index (χ0) is 25.0. The molecule has 10 heteroatoms. The van der Waals surface area contributed by atoms with Crippen LogP contribution in [0.2, 0.25) is 0 Å². The molecule has 2 aromatic rings. The number of methoxy groups -OCH3 is 2. The Hall–Kier alpha value is -4.10. The number of sulfone groups is 1. The Morgan fingerprint density at radius 3 is 2.12 bits per heavy atom. The molecule has 1 heterocycles. The van der Waals surface area contributed by atoms with Gasteiger partial charge in [0.15, 0.2) is 9.84 Å². The van der Waals surface area contributed by atoms with Gasteiger partial charge in [0.2, 0.25) is 0 Å². The topological polar surface area (TPSA) is 140 Å². The normalized spacial score (nSPS) is 16.2. The first kappa shape index (κ1) is 24.5. The van der Waals surface area contributed by atoms with Gasteiger partial charge in [0.1, 0.15) is 11.5 Å². The third kappa shape index (κ3) is 4.79. The van der Waals surface area contributed by atoms with Crippen LogP contribution in [0.15, 0.2) is 77.3 Å². The van der Waals surface area contributed by atoms with Crippen LogP contribution in [-0.2, 0) is 34.7 Å². The fraction of sp³-hybridized carbons (Fsp3) is 0.208. The number of anilines is 1. The lowest BCUT2D eigenvalue weighted by Crippen LogP contribution is -2.40. The van der Waals surface area contributed by atoms with Crippen molar-refractivity contribution < 1.29 is 27.5 Å². The van der Waals surface area contributed by atoms with Gasteiger partial charge in [0.25, 0.3) is 0 Å². The Bertz CT molecular complexity index is 1320. The zero-order valence-corrected chi connectivity index (χ0v) is 19.6. The molecule has 0 spiro atoms. The molecule has 34 heavy (non-hydrogen) atoms. The van der Waals surface area contributed by atoms with E-state index in [0.717, 1.165) is 13.4 Å². The summed E-state index contributed by atoms with van der Waals surface area (Å²) >= 11 is 0. The van der Waals surface area contributed by atoms with Crippen LogP contribution in [0.1, 0.15) is 17.0 Å². The van der Waals surface area contributed by atoms with E-state index in [-0.39, 0.29) is 28.4 Å². The lowest BCUT2D eigenvalue weighted by molar-refractivity contribution is -0.139. The van der Waals surface area contributed by atoms with Crippen molar-refractivity contribution in [1.29, 1.82) is 5.26 Å². The highest BCUT2D eigenvalue weighted by molar-refractivity contribution is 7.89. The summed E-state index contributed by atoms with van der Waals surface area (Å²) in [5, 5.41) is 10.0. The summed E-state index contributed by atoms with van der Waals surface area (Å²) in [7, 11) is -0.931. The molecule has 1 aliphatic rings. The van der Waals surface area contributed by atoms with E-state index in [1.165, 1.54) is 12.0 Å². The minimum atomic E-state index is -3.26. The van der Waals surface area contributed by atoms with E-state index in [2.05, 4.69) is 6.07 Å². The number of hydrogen-bond acceptors (Lipinski definition) is 9. The van der Waals surface area contributed by atoms with E-state index in [1.54, 1.807) is 54.6 Å². The monoisotopic (exact) mass is 481 g/mol. The minimum Gasteiger partial charge on any atom is -0.466 e. The highest BCUT2D eigenvalue weighted by Gasteiger charge is 2.42. The first-order valence-corrected chi connectivity index (χ1v) is 12.1. The summed E-state index contributed by atoms with van der Waals surface area (Å²) in [5.41, 5.74) is 7.56. The third-order valence-electron chi connectivity index (χ3n) is 5.23. The third-order valence-corrected chi connectivity index (χ3v) is 6.09. The highest BCUT2D eigenvalue weighted by Crippen LogP contribution is 2.43. The average molecular weight is 482 g/mol. The van der Waals surface area contributed by atoms with Crippen LogP contribution in [0.4, 0.5) is 5.69 Å². The number of allylic oxidation sites excluding steroid dienone is 1. The van der Waals surface area contributed by atoms with Gasteiger partial charge in [0.05, 0.1) is 43.1 Å². The Morgan fingerprint density at radius 2 is 1.62 bits per heavy atom.